The number of hydrogen-bond donors (Lipinski definition) is 2. The summed E-state index contributed by atoms with van der Waals surface area (Å²) in [6, 6.07) is 13.3. The van der Waals surface area contributed by atoms with E-state index in [9.17, 15) is 14.3 Å². The van der Waals surface area contributed by atoms with Crippen molar-refractivity contribution in [3.63, 3.8) is 0 Å². The smallest absolute Gasteiger partial charge is 0.224 e. The number of carbonyl (C=O) groups is 1. The molecule has 1 atom stereocenters. The van der Waals surface area contributed by atoms with Crippen LogP contribution in [0.2, 0.25) is 0 Å². The highest BCUT2D eigenvalue weighted by atomic mass is 19.1. The van der Waals surface area contributed by atoms with Crippen molar-refractivity contribution in [3.8, 4) is 0 Å². The van der Waals surface area contributed by atoms with Crippen LogP contribution in [0.3, 0.4) is 0 Å². The Balaban J connectivity index is 1.86. The minimum absolute atomic E-state index is 0.158. The Morgan fingerprint density at radius 2 is 1.86 bits per heavy atom. The van der Waals surface area contributed by atoms with Crippen LogP contribution in [0.1, 0.15) is 22.8 Å². The molecule has 0 aliphatic heterocycles. The maximum absolute atomic E-state index is 12.8. The van der Waals surface area contributed by atoms with Crippen LogP contribution < -0.4 is 5.32 Å². The summed E-state index contributed by atoms with van der Waals surface area (Å²) in [4.78, 5) is 11.8. The van der Waals surface area contributed by atoms with E-state index < -0.39 is 6.10 Å². The molecule has 0 radical (unpaired) electrons. The summed E-state index contributed by atoms with van der Waals surface area (Å²) in [6.45, 7) is 2.07. The zero-order valence-corrected chi connectivity index (χ0v) is 11.8. The summed E-state index contributed by atoms with van der Waals surface area (Å²) in [5.74, 6) is -0.525. The van der Waals surface area contributed by atoms with Crippen LogP contribution in [0.4, 0.5) is 4.39 Å². The molecule has 0 heterocycles. The van der Waals surface area contributed by atoms with E-state index in [0.717, 1.165) is 16.7 Å². The fourth-order valence-corrected chi connectivity index (χ4v) is 2.13. The number of halogens is 1. The maximum Gasteiger partial charge on any atom is 0.224 e. The molecule has 0 aromatic heterocycles. The number of rotatable bonds is 5. The molecule has 2 rings (SSSR count). The van der Waals surface area contributed by atoms with Gasteiger partial charge in [-0.1, -0.05) is 36.4 Å². The number of carbonyl (C=O) groups excluding carboxylic acids is 1. The van der Waals surface area contributed by atoms with Crippen LogP contribution in [0, 0.1) is 12.7 Å². The Morgan fingerprint density at radius 1 is 1.19 bits per heavy atom. The number of hydrogen-bond acceptors (Lipinski definition) is 2. The zero-order chi connectivity index (χ0) is 15.2. The minimum atomic E-state index is -0.733. The molecule has 0 saturated carbocycles. The van der Waals surface area contributed by atoms with E-state index in [4.69, 9.17) is 0 Å². The Kier molecular flexibility index (Phi) is 5.06. The molecule has 1 amide bonds. The van der Waals surface area contributed by atoms with Crippen molar-refractivity contribution in [2.75, 3.05) is 6.54 Å². The van der Waals surface area contributed by atoms with Crippen molar-refractivity contribution in [2.45, 2.75) is 19.4 Å². The summed E-state index contributed by atoms with van der Waals surface area (Å²) in [6.07, 6.45) is -0.566. The highest BCUT2D eigenvalue weighted by molar-refractivity contribution is 5.78. The zero-order valence-electron chi connectivity index (χ0n) is 11.8. The second-order valence-electron chi connectivity index (χ2n) is 4.98. The highest BCUT2D eigenvalue weighted by Gasteiger charge is 2.11. The fraction of sp³-hybridized carbons (Fsp3) is 0.235. The molecule has 0 spiro atoms. The topological polar surface area (TPSA) is 49.3 Å². The standard InChI is InChI=1S/C17H18FNO2/c1-12-4-2-3-5-15(12)16(20)11-19-17(21)10-13-6-8-14(18)9-7-13/h2-9,16,20H,10-11H2,1H3,(H,19,21)/t16-/m0/s1. The van der Waals surface area contributed by atoms with Crippen LogP contribution >= 0.6 is 0 Å². The molecular weight excluding hydrogens is 269 g/mol. The first kappa shape index (κ1) is 15.2. The van der Waals surface area contributed by atoms with Gasteiger partial charge < -0.3 is 10.4 Å². The number of aliphatic hydroxyl groups is 1. The Morgan fingerprint density at radius 3 is 2.52 bits per heavy atom. The number of nitrogens with one attached hydrogen (secondary N) is 1. The quantitative estimate of drug-likeness (QED) is 0.888. The molecule has 0 aliphatic rings. The van der Waals surface area contributed by atoms with Gasteiger partial charge in [0.25, 0.3) is 0 Å². The van der Waals surface area contributed by atoms with E-state index in [2.05, 4.69) is 5.32 Å². The Labute approximate surface area is 123 Å². The lowest BCUT2D eigenvalue weighted by atomic mass is 10.0. The van der Waals surface area contributed by atoms with Gasteiger partial charge in [-0.2, -0.15) is 0 Å². The predicted molar refractivity (Wildman–Crippen MR) is 79.3 cm³/mol. The highest BCUT2D eigenvalue weighted by Crippen LogP contribution is 2.16. The molecule has 0 unspecified atom stereocenters. The lowest BCUT2D eigenvalue weighted by Gasteiger charge is -2.14. The number of aliphatic hydroxyl groups excluding tert-OH is 1. The monoisotopic (exact) mass is 287 g/mol. The number of aryl methyl sites for hydroxylation is 1. The average Bonchev–Trinajstić information content (AvgIpc) is 2.48. The molecule has 0 aliphatic carbocycles. The van der Waals surface area contributed by atoms with Crippen molar-refractivity contribution < 1.29 is 14.3 Å². The molecule has 0 fully saturated rings. The number of amides is 1. The Hall–Kier alpha value is -2.20. The first-order chi connectivity index (χ1) is 10.1. The van der Waals surface area contributed by atoms with Gasteiger partial charge in [0, 0.05) is 6.54 Å². The van der Waals surface area contributed by atoms with Gasteiger partial charge in [0.05, 0.1) is 12.5 Å². The van der Waals surface area contributed by atoms with Gasteiger partial charge in [-0.05, 0) is 35.7 Å². The van der Waals surface area contributed by atoms with Crippen molar-refractivity contribution >= 4 is 5.91 Å². The van der Waals surface area contributed by atoms with Gasteiger partial charge in [-0.15, -0.1) is 0 Å². The van der Waals surface area contributed by atoms with Gasteiger partial charge in [0.1, 0.15) is 5.82 Å². The van der Waals surface area contributed by atoms with Gasteiger partial charge in [0.2, 0.25) is 5.91 Å². The summed E-state index contributed by atoms with van der Waals surface area (Å²) in [7, 11) is 0. The van der Waals surface area contributed by atoms with Crippen LogP contribution in [0.25, 0.3) is 0 Å². The summed E-state index contributed by atoms with van der Waals surface area (Å²) >= 11 is 0. The Bertz CT molecular complexity index is 610. The third kappa shape index (κ3) is 4.39. The minimum Gasteiger partial charge on any atom is -0.387 e. The van der Waals surface area contributed by atoms with Crippen molar-refractivity contribution in [3.05, 3.63) is 71.0 Å². The lowest BCUT2D eigenvalue weighted by Crippen LogP contribution is -2.29. The first-order valence-electron chi connectivity index (χ1n) is 6.81. The second kappa shape index (κ2) is 6.99. The van der Waals surface area contributed by atoms with E-state index in [-0.39, 0.29) is 24.7 Å². The maximum atomic E-state index is 12.8. The summed E-state index contributed by atoms with van der Waals surface area (Å²) < 4.78 is 12.8. The molecule has 3 nitrogen and oxygen atoms in total. The summed E-state index contributed by atoms with van der Waals surface area (Å²) in [5, 5.41) is 12.8. The van der Waals surface area contributed by atoms with E-state index >= 15 is 0 Å². The van der Waals surface area contributed by atoms with Crippen molar-refractivity contribution in [1.82, 2.24) is 5.32 Å². The largest absolute Gasteiger partial charge is 0.387 e. The average molecular weight is 287 g/mol. The SMILES string of the molecule is Cc1ccccc1[C@@H](O)CNC(=O)Cc1ccc(F)cc1. The third-order valence-electron chi connectivity index (χ3n) is 3.32. The second-order valence-corrected chi connectivity index (χ2v) is 4.98. The van der Waals surface area contributed by atoms with Gasteiger partial charge in [-0.3, -0.25) is 4.79 Å². The van der Waals surface area contributed by atoms with E-state index in [1.807, 2.05) is 31.2 Å². The molecule has 2 N–H and O–H groups in total. The van der Waals surface area contributed by atoms with Crippen LogP contribution in [0.5, 0.6) is 0 Å². The van der Waals surface area contributed by atoms with Gasteiger partial charge >= 0.3 is 0 Å². The van der Waals surface area contributed by atoms with Gasteiger partial charge in [-0.25, -0.2) is 4.39 Å². The molecule has 2 aromatic carbocycles. The third-order valence-corrected chi connectivity index (χ3v) is 3.32. The molecule has 0 saturated heterocycles. The fourth-order valence-electron chi connectivity index (χ4n) is 2.13. The molecule has 2 aromatic rings. The lowest BCUT2D eigenvalue weighted by molar-refractivity contribution is -0.120. The van der Waals surface area contributed by atoms with Crippen LogP contribution in [0.15, 0.2) is 48.5 Å². The van der Waals surface area contributed by atoms with Crippen LogP contribution in [-0.2, 0) is 11.2 Å². The molecule has 110 valence electrons. The first-order valence-corrected chi connectivity index (χ1v) is 6.81. The predicted octanol–water partition coefficient (Wildman–Crippen LogP) is 2.53. The summed E-state index contributed by atoms with van der Waals surface area (Å²) in [5.41, 5.74) is 2.52. The van der Waals surface area contributed by atoms with Crippen molar-refractivity contribution in [1.29, 1.82) is 0 Å². The van der Waals surface area contributed by atoms with E-state index in [1.165, 1.54) is 12.1 Å². The molecule has 0 bridgehead atoms. The van der Waals surface area contributed by atoms with E-state index in [0.29, 0.717) is 0 Å². The molecular formula is C17H18FNO2. The molecule has 4 heteroatoms. The van der Waals surface area contributed by atoms with E-state index in [1.54, 1.807) is 12.1 Å². The normalized spacial score (nSPS) is 12.0. The van der Waals surface area contributed by atoms with Crippen molar-refractivity contribution in [2.24, 2.45) is 0 Å². The number of benzene rings is 2. The van der Waals surface area contributed by atoms with Crippen LogP contribution in [-0.4, -0.2) is 17.6 Å². The molecule has 21 heavy (non-hydrogen) atoms. The van der Waals surface area contributed by atoms with Gasteiger partial charge in [0.15, 0.2) is 0 Å².